The van der Waals surface area contributed by atoms with Gasteiger partial charge in [0.25, 0.3) is 0 Å². The maximum atomic E-state index is 12.9. The number of benzene rings is 1. The zero-order chi connectivity index (χ0) is 22.0. The molecular weight excluding hydrogens is 449 g/mol. The molecule has 1 aliphatic rings. The lowest BCUT2D eigenvalue weighted by atomic mass is 10.1. The van der Waals surface area contributed by atoms with Gasteiger partial charge in [0.05, 0.1) is 16.2 Å². The van der Waals surface area contributed by atoms with Gasteiger partial charge in [0, 0.05) is 31.9 Å². The van der Waals surface area contributed by atoms with Gasteiger partial charge in [-0.15, -0.1) is 21.5 Å². The lowest BCUT2D eigenvalue weighted by Gasteiger charge is -2.36. The highest BCUT2D eigenvalue weighted by Gasteiger charge is 2.31. The van der Waals surface area contributed by atoms with E-state index in [-0.39, 0.29) is 11.7 Å². The van der Waals surface area contributed by atoms with Crippen LogP contribution in [-0.4, -0.2) is 57.6 Å². The number of alkyl halides is 3. The van der Waals surface area contributed by atoms with Gasteiger partial charge in [-0.05, 0) is 29.6 Å². The maximum absolute atomic E-state index is 12.9. The molecule has 4 rings (SSSR count). The van der Waals surface area contributed by atoms with Crippen LogP contribution in [0.2, 0.25) is 0 Å². The zero-order valence-corrected chi connectivity index (χ0v) is 17.9. The van der Waals surface area contributed by atoms with E-state index in [1.807, 2.05) is 22.4 Å². The lowest BCUT2D eigenvalue weighted by molar-refractivity contribution is -0.137. The zero-order valence-electron chi connectivity index (χ0n) is 16.2. The van der Waals surface area contributed by atoms with Crippen molar-refractivity contribution in [2.45, 2.75) is 11.3 Å². The Morgan fingerprint density at radius 1 is 1.13 bits per heavy atom. The standard InChI is InChI=1S/C19H19F3N6OS2/c20-19(21,22)13-3-1-4-14(11-13)26-6-8-27(9-7-26)16(29)12-31-18-25-24-17(28(18)23)15-5-2-10-30-15/h1-5,10-11H,6-9,12,23H2. The summed E-state index contributed by atoms with van der Waals surface area (Å²) in [4.78, 5) is 17.0. The van der Waals surface area contributed by atoms with E-state index in [9.17, 15) is 18.0 Å². The number of nitrogen functional groups attached to an aromatic ring is 1. The number of carbonyl (C=O) groups excluding carboxylic acids is 1. The van der Waals surface area contributed by atoms with Gasteiger partial charge in [-0.25, -0.2) is 4.68 Å². The molecule has 1 fully saturated rings. The number of nitrogens with two attached hydrogens (primary N) is 1. The fourth-order valence-electron chi connectivity index (χ4n) is 3.26. The second-order valence-corrected chi connectivity index (χ2v) is 8.75. The van der Waals surface area contributed by atoms with Crippen molar-refractivity contribution < 1.29 is 18.0 Å². The minimum Gasteiger partial charge on any atom is -0.368 e. The molecule has 12 heteroatoms. The number of amides is 1. The van der Waals surface area contributed by atoms with Crippen molar-refractivity contribution in [1.29, 1.82) is 0 Å². The Labute approximate surface area is 184 Å². The van der Waals surface area contributed by atoms with Crippen LogP contribution in [0.4, 0.5) is 18.9 Å². The number of hydrogen-bond donors (Lipinski definition) is 1. The average molecular weight is 469 g/mol. The molecule has 0 radical (unpaired) electrons. The Kier molecular flexibility index (Phi) is 6.10. The Bertz CT molecular complexity index is 1050. The largest absolute Gasteiger partial charge is 0.416 e. The molecular formula is C19H19F3N6OS2. The molecule has 1 aromatic carbocycles. The predicted octanol–water partition coefficient (Wildman–Crippen LogP) is 3.18. The van der Waals surface area contributed by atoms with Gasteiger partial charge >= 0.3 is 6.18 Å². The molecule has 7 nitrogen and oxygen atoms in total. The third-order valence-corrected chi connectivity index (χ3v) is 6.70. The van der Waals surface area contributed by atoms with Crippen LogP contribution in [0.5, 0.6) is 0 Å². The molecule has 1 saturated heterocycles. The molecule has 3 heterocycles. The summed E-state index contributed by atoms with van der Waals surface area (Å²) in [6.07, 6.45) is -4.38. The van der Waals surface area contributed by atoms with Crippen molar-refractivity contribution in [2.75, 3.05) is 42.7 Å². The van der Waals surface area contributed by atoms with Crippen molar-refractivity contribution >= 4 is 34.7 Å². The average Bonchev–Trinajstić information content (AvgIpc) is 3.41. The Morgan fingerprint density at radius 3 is 2.58 bits per heavy atom. The first-order valence-electron chi connectivity index (χ1n) is 9.40. The number of rotatable bonds is 5. The van der Waals surface area contributed by atoms with Crippen molar-refractivity contribution in [3.63, 3.8) is 0 Å². The van der Waals surface area contributed by atoms with Gasteiger partial charge in [-0.1, -0.05) is 23.9 Å². The summed E-state index contributed by atoms with van der Waals surface area (Å²) in [5, 5.41) is 10.5. The topological polar surface area (TPSA) is 80.3 Å². The van der Waals surface area contributed by atoms with Gasteiger partial charge in [0.1, 0.15) is 0 Å². The van der Waals surface area contributed by atoms with E-state index in [4.69, 9.17) is 5.84 Å². The van der Waals surface area contributed by atoms with Crippen molar-refractivity contribution in [1.82, 2.24) is 19.8 Å². The molecule has 2 N–H and O–H groups in total. The summed E-state index contributed by atoms with van der Waals surface area (Å²) in [6.45, 7) is 1.80. The summed E-state index contributed by atoms with van der Waals surface area (Å²) < 4.78 is 40.2. The van der Waals surface area contributed by atoms with Crippen LogP contribution in [0.25, 0.3) is 10.7 Å². The van der Waals surface area contributed by atoms with Crippen LogP contribution < -0.4 is 10.7 Å². The van der Waals surface area contributed by atoms with E-state index in [0.717, 1.165) is 17.0 Å². The van der Waals surface area contributed by atoms with E-state index in [0.29, 0.717) is 42.8 Å². The first kappa shape index (κ1) is 21.5. The second kappa shape index (κ2) is 8.79. The molecule has 0 spiro atoms. The minimum absolute atomic E-state index is 0.0747. The highest BCUT2D eigenvalue weighted by Crippen LogP contribution is 2.32. The van der Waals surface area contributed by atoms with Gasteiger partial charge in [0.15, 0.2) is 5.82 Å². The van der Waals surface area contributed by atoms with E-state index in [1.54, 1.807) is 11.0 Å². The summed E-state index contributed by atoms with van der Waals surface area (Å²) in [5.74, 6) is 6.67. The summed E-state index contributed by atoms with van der Waals surface area (Å²) in [6, 6.07) is 9.04. The van der Waals surface area contributed by atoms with Crippen LogP contribution >= 0.6 is 23.1 Å². The number of halogens is 3. The molecule has 164 valence electrons. The molecule has 31 heavy (non-hydrogen) atoms. The number of anilines is 1. The monoisotopic (exact) mass is 468 g/mol. The molecule has 0 saturated carbocycles. The normalized spacial score (nSPS) is 14.8. The summed E-state index contributed by atoms with van der Waals surface area (Å²) in [7, 11) is 0. The molecule has 0 bridgehead atoms. The number of aromatic nitrogens is 3. The van der Waals surface area contributed by atoms with E-state index < -0.39 is 11.7 Å². The first-order valence-corrected chi connectivity index (χ1v) is 11.3. The molecule has 3 aromatic rings. The Morgan fingerprint density at radius 2 is 1.90 bits per heavy atom. The number of nitrogens with zero attached hydrogens (tertiary/aromatic N) is 5. The Hall–Kier alpha value is -2.73. The van der Waals surface area contributed by atoms with Crippen LogP contribution in [0.3, 0.4) is 0 Å². The lowest BCUT2D eigenvalue weighted by Crippen LogP contribution is -2.49. The smallest absolute Gasteiger partial charge is 0.368 e. The number of hydrogen-bond acceptors (Lipinski definition) is 7. The first-order chi connectivity index (χ1) is 14.8. The van der Waals surface area contributed by atoms with Crippen molar-refractivity contribution in [3.05, 3.63) is 47.3 Å². The van der Waals surface area contributed by atoms with Crippen LogP contribution in [0.1, 0.15) is 5.56 Å². The van der Waals surface area contributed by atoms with Gasteiger partial charge in [-0.3, -0.25) is 4.79 Å². The fraction of sp³-hybridized carbons (Fsp3) is 0.316. The molecule has 1 aliphatic heterocycles. The highest BCUT2D eigenvalue weighted by molar-refractivity contribution is 7.99. The van der Waals surface area contributed by atoms with Crippen molar-refractivity contribution in [2.24, 2.45) is 0 Å². The Balaban J connectivity index is 1.31. The molecule has 2 aromatic heterocycles. The third kappa shape index (κ3) is 4.79. The van der Waals surface area contributed by atoms with Gasteiger partial charge < -0.3 is 15.6 Å². The number of piperazine rings is 1. The number of carbonyl (C=O) groups is 1. The molecule has 0 atom stereocenters. The maximum Gasteiger partial charge on any atom is 0.416 e. The predicted molar refractivity (Wildman–Crippen MR) is 114 cm³/mol. The van der Waals surface area contributed by atoms with Crippen LogP contribution in [0, 0.1) is 0 Å². The number of thioether (sulfide) groups is 1. The fourth-order valence-corrected chi connectivity index (χ4v) is 4.72. The third-order valence-electron chi connectivity index (χ3n) is 4.90. The molecule has 0 aliphatic carbocycles. The SMILES string of the molecule is Nn1c(SCC(=O)N2CCN(c3cccc(C(F)(F)F)c3)CC2)nnc1-c1cccs1. The summed E-state index contributed by atoms with van der Waals surface area (Å²) in [5.41, 5.74) is -0.165. The quantitative estimate of drug-likeness (QED) is 0.458. The van der Waals surface area contributed by atoms with Crippen LogP contribution in [-0.2, 0) is 11.0 Å². The van der Waals surface area contributed by atoms with Gasteiger partial charge in [0.2, 0.25) is 11.1 Å². The minimum atomic E-state index is -4.38. The van der Waals surface area contributed by atoms with E-state index in [1.165, 1.54) is 33.8 Å². The molecule has 0 unspecified atom stereocenters. The number of thiophene rings is 1. The van der Waals surface area contributed by atoms with E-state index in [2.05, 4.69) is 10.2 Å². The van der Waals surface area contributed by atoms with E-state index >= 15 is 0 Å². The highest BCUT2D eigenvalue weighted by atomic mass is 32.2. The second-order valence-electron chi connectivity index (χ2n) is 6.86. The summed E-state index contributed by atoms with van der Waals surface area (Å²) >= 11 is 2.70. The van der Waals surface area contributed by atoms with Gasteiger partial charge in [-0.2, -0.15) is 13.2 Å². The van der Waals surface area contributed by atoms with Crippen molar-refractivity contribution in [3.8, 4) is 10.7 Å². The molecule has 1 amide bonds. The van der Waals surface area contributed by atoms with Crippen LogP contribution in [0.15, 0.2) is 46.9 Å².